The molecule has 0 unspecified atom stereocenters. The molecular formula is C22H31N5O5. The van der Waals surface area contributed by atoms with E-state index in [1.165, 1.54) is 6.92 Å². The van der Waals surface area contributed by atoms with Gasteiger partial charge in [-0.1, -0.05) is 38.5 Å². The standard InChI is InChI=1S/C22H31N5O5/c1-4-12(2)19(22(32)25-11-18(28)29)27-20(30)13(3)26-21(31)16(23)9-14-10-24-17-8-6-5-7-15(14)17/h5-8,10,12-13,16,19,24H,4,9,11,23H2,1-3H3,(H,25,32)(H,26,31)(H,27,30)(H,28,29)/t12-,13-,16-,19-/m0/s1. The zero-order chi connectivity index (χ0) is 23.8. The van der Waals surface area contributed by atoms with Crippen LogP contribution in [0.25, 0.3) is 10.9 Å². The monoisotopic (exact) mass is 445 g/mol. The summed E-state index contributed by atoms with van der Waals surface area (Å²) in [5.41, 5.74) is 7.90. The highest BCUT2D eigenvalue weighted by atomic mass is 16.4. The third-order valence-corrected chi connectivity index (χ3v) is 5.41. The van der Waals surface area contributed by atoms with Gasteiger partial charge in [0.15, 0.2) is 0 Å². The second kappa shape index (κ2) is 11.3. The lowest BCUT2D eigenvalue weighted by molar-refractivity contribution is -0.139. The first-order valence-corrected chi connectivity index (χ1v) is 10.5. The van der Waals surface area contributed by atoms with Crippen LogP contribution in [0.2, 0.25) is 0 Å². The molecule has 4 atom stereocenters. The quantitative estimate of drug-likeness (QED) is 0.290. The van der Waals surface area contributed by atoms with E-state index in [0.29, 0.717) is 6.42 Å². The molecule has 2 aromatic rings. The second-order valence-electron chi connectivity index (χ2n) is 7.88. The van der Waals surface area contributed by atoms with Crippen LogP contribution in [0.3, 0.4) is 0 Å². The van der Waals surface area contributed by atoms with Crippen molar-refractivity contribution in [2.24, 2.45) is 11.7 Å². The van der Waals surface area contributed by atoms with E-state index in [2.05, 4.69) is 20.9 Å². The van der Waals surface area contributed by atoms with E-state index in [1.54, 1.807) is 13.1 Å². The number of amides is 3. The molecule has 0 radical (unpaired) electrons. The van der Waals surface area contributed by atoms with Gasteiger partial charge in [0.25, 0.3) is 0 Å². The number of carboxylic acid groups (broad SMARTS) is 1. The van der Waals surface area contributed by atoms with Crippen LogP contribution in [0.15, 0.2) is 30.5 Å². The lowest BCUT2D eigenvalue weighted by Crippen LogP contribution is -2.56. The first kappa shape index (κ1) is 24.9. The Morgan fingerprint density at radius 3 is 2.41 bits per heavy atom. The molecule has 0 aliphatic heterocycles. The summed E-state index contributed by atoms with van der Waals surface area (Å²) in [5.74, 6) is -3.07. The molecule has 1 aromatic carbocycles. The van der Waals surface area contributed by atoms with Crippen LogP contribution in [0.1, 0.15) is 32.8 Å². The van der Waals surface area contributed by atoms with E-state index in [0.717, 1.165) is 16.5 Å². The highest BCUT2D eigenvalue weighted by Gasteiger charge is 2.29. The molecule has 0 aliphatic carbocycles. The van der Waals surface area contributed by atoms with Gasteiger partial charge in [-0.25, -0.2) is 0 Å². The number of para-hydroxylation sites is 1. The number of aromatic amines is 1. The predicted octanol–water partition coefficient (Wildman–Crippen LogP) is 0.274. The fourth-order valence-corrected chi connectivity index (χ4v) is 3.27. The Kier molecular flexibility index (Phi) is 8.77. The van der Waals surface area contributed by atoms with Crippen LogP contribution in [0, 0.1) is 5.92 Å². The number of nitrogens with two attached hydrogens (primary N) is 1. The second-order valence-corrected chi connectivity index (χ2v) is 7.88. The molecular weight excluding hydrogens is 414 g/mol. The maximum atomic E-state index is 12.6. The maximum Gasteiger partial charge on any atom is 0.322 e. The number of aromatic nitrogens is 1. The van der Waals surface area contributed by atoms with E-state index in [-0.39, 0.29) is 12.3 Å². The predicted molar refractivity (Wildman–Crippen MR) is 120 cm³/mol. The van der Waals surface area contributed by atoms with Gasteiger partial charge in [-0.05, 0) is 30.9 Å². The van der Waals surface area contributed by atoms with Gasteiger partial charge in [-0.2, -0.15) is 0 Å². The van der Waals surface area contributed by atoms with Gasteiger partial charge in [0.2, 0.25) is 17.7 Å². The molecule has 174 valence electrons. The molecule has 7 N–H and O–H groups in total. The fourth-order valence-electron chi connectivity index (χ4n) is 3.27. The summed E-state index contributed by atoms with van der Waals surface area (Å²) in [5, 5.41) is 17.2. The highest BCUT2D eigenvalue weighted by Crippen LogP contribution is 2.18. The molecule has 0 saturated carbocycles. The van der Waals surface area contributed by atoms with Gasteiger partial charge in [0.05, 0.1) is 6.04 Å². The summed E-state index contributed by atoms with van der Waals surface area (Å²) in [6.45, 7) is 4.57. The van der Waals surface area contributed by atoms with E-state index in [1.807, 2.05) is 31.2 Å². The summed E-state index contributed by atoms with van der Waals surface area (Å²) < 4.78 is 0. The summed E-state index contributed by atoms with van der Waals surface area (Å²) in [6.07, 6.45) is 2.68. The Labute approximate surface area is 186 Å². The van der Waals surface area contributed by atoms with Gasteiger partial charge < -0.3 is 31.8 Å². The number of hydrogen-bond donors (Lipinski definition) is 6. The minimum atomic E-state index is -1.18. The maximum absolute atomic E-state index is 12.6. The number of carbonyl (C=O) groups is 4. The SMILES string of the molecule is CC[C@H](C)[C@H](NC(=O)[C@H](C)NC(=O)[C@@H](N)Cc1c[nH]c2ccccc12)C(=O)NCC(=O)O. The van der Waals surface area contributed by atoms with Gasteiger partial charge in [0, 0.05) is 17.1 Å². The summed E-state index contributed by atoms with van der Waals surface area (Å²) >= 11 is 0. The lowest BCUT2D eigenvalue weighted by atomic mass is 9.98. The molecule has 0 fully saturated rings. The molecule has 0 saturated heterocycles. The molecule has 0 aliphatic rings. The van der Waals surface area contributed by atoms with Crippen LogP contribution in [0.4, 0.5) is 0 Å². The number of nitrogens with one attached hydrogen (secondary N) is 4. The first-order valence-electron chi connectivity index (χ1n) is 10.5. The highest BCUT2D eigenvalue weighted by molar-refractivity contribution is 5.94. The number of hydrogen-bond acceptors (Lipinski definition) is 5. The molecule has 0 spiro atoms. The smallest absolute Gasteiger partial charge is 0.322 e. The van der Waals surface area contributed by atoms with Crippen LogP contribution < -0.4 is 21.7 Å². The lowest BCUT2D eigenvalue weighted by Gasteiger charge is -2.25. The number of aliphatic carboxylic acids is 1. The summed E-state index contributed by atoms with van der Waals surface area (Å²) in [7, 11) is 0. The van der Waals surface area contributed by atoms with Crippen molar-refractivity contribution in [3.63, 3.8) is 0 Å². The van der Waals surface area contributed by atoms with Crippen molar-refractivity contribution < 1.29 is 24.3 Å². The Morgan fingerprint density at radius 2 is 1.75 bits per heavy atom. The van der Waals surface area contributed by atoms with Crippen molar-refractivity contribution >= 4 is 34.6 Å². The van der Waals surface area contributed by atoms with Crippen molar-refractivity contribution in [2.75, 3.05) is 6.54 Å². The number of benzene rings is 1. The van der Waals surface area contributed by atoms with E-state index in [9.17, 15) is 19.2 Å². The number of carbonyl (C=O) groups excluding carboxylic acids is 3. The molecule has 2 rings (SSSR count). The summed E-state index contributed by atoms with van der Waals surface area (Å²) in [4.78, 5) is 51.3. The Balaban J connectivity index is 1.95. The van der Waals surface area contributed by atoms with Crippen LogP contribution >= 0.6 is 0 Å². The fraction of sp³-hybridized carbons (Fsp3) is 0.455. The normalized spacial score (nSPS) is 14.8. The van der Waals surface area contributed by atoms with Crippen molar-refractivity contribution in [1.29, 1.82) is 0 Å². The van der Waals surface area contributed by atoms with Crippen molar-refractivity contribution in [1.82, 2.24) is 20.9 Å². The molecule has 32 heavy (non-hydrogen) atoms. The minimum Gasteiger partial charge on any atom is -0.480 e. The van der Waals surface area contributed by atoms with Gasteiger partial charge in [-0.3, -0.25) is 19.2 Å². The summed E-state index contributed by atoms with van der Waals surface area (Å²) in [6, 6.07) is 4.95. The third-order valence-electron chi connectivity index (χ3n) is 5.41. The van der Waals surface area contributed by atoms with Crippen LogP contribution in [-0.2, 0) is 25.6 Å². The Bertz CT molecular complexity index is 973. The Hall–Kier alpha value is -3.40. The van der Waals surface area contributed by atoms with Crippen LogP contribution in [0.5, 0.6) is 0 Å². The minimum absolute atomic E-state index is 0.236. The topological polar surface area (TPSA) is 166 Å². The largest absolute Gasteiger partial charge is 0.480 e. The molecule has 3 amide bonds. The Morgan fingerprint density at radius 1 is 1.06 bits per heavy atom. The van der Waals surface area contributed by atoms with E-state index in [4.69, 9.17) is 10.8 Å². The van der Waals surface area contributed by atoms with E-state index < -0.39 is 48.4 Å². The molecule has 1 aromatic heterocycles. The third kappa shape index (κ3) is 6.55. The molecule has 0 bridgehead atoms. The van der Waals surface area contributed by atoms with Gasteiger partial charge in [0.1, 0.15) is 18.6 Å². The van der Waals surface area contributed by atoms with Crippen molar-refractivity contribution in [2.45, 2.75) is 51.7 Å². The zero-order valence-electron chi connectivity index (χ0n) is 18.5. The average molecular weight is 446 g/mol. The van der Waals surface area contributed by atoms with Gasteiger partial charge in [-0.15, -0.1) is 0 Å². The van der Waals surface area contributed by atoms with Gasteiger partial charge >= 0.3 is 5.97 Å². The zero-order valence-corrected chi connectivity index (χ0v) is 18.5. The number of rotatable bonds is 11. The van der Waals surface area contributed by atoms with Crippen molar-refractivity contribution in [3.8, 4) is 0 Å². The van der Waals surface area contributed by atoms with E-state index >= 15 is 0 Å². The van der Waals surface area contributed by atoms with Crippen molar-refractivity contribution in [3.05, 3.63) is 36.0 Å². The molecule has 1 heterocycles. The number of H-pyrrole nitrogens is 1. The van der Waals surface area contributed by atoms with Crippen LogP contribution in [-0.4, -0.2) is 58.5 Å². The molecule has 10 nitrogen and oxygen atoms in total. The molecule has 10 heteroatoms. The average Bonchev–Trinajstić information content (AvgIpc) is 3.17. The number of fused-ring (bicyclic) bond motifs is 1. The number of carboxylic acids is 1. The first-order chi connectivity index (χ1) is 15.1.